The molecule has 3 nitrogen and oxygen atoms in total. The Balaban J connectivity index is 1.83. The molecule has 1 aliphatic carbocycles. The van der Waals surface area contributed by atoms with Crippen molar-refractivity contribution in [3.8, 4) is 0 Å². The van der Waals surface area contributed by atoms with E-state index in [-0.39, 0.29) is 18.1 Å². The van der Waals surface area contributed by atoms with Gasteiger partial charge >= 0.3 is 0 Å². The highest BCUT2D eigenvalue weighted by Crippen LogP contribution is 2.37. The Morgan fingerprint density at radius 2 is 1.89 bits per heavy atom. The molecule has 0 amide bonds. The van der Waals surface area contributed by atoms with Crippen LogP contribution in [0.4, 0.5) is 0 Å². The number of aliphatic hydroxyl groups excluding tert-OH is 1. The second-order valence-electron chi connectivity index (χ2n) is 7.56. The minimum atomic E-state index is 0.0580. The summed E-state index contributed by atoms with van der Waals surface area (Å²) in [4.78, 5) is 16.8. The number of hydrogen-bond acceptors (Lipinski definition) is 3. The van der Waals surface area contributed by atoms with Gasteiger partial charge in [0.2, 0.25) is 0 Å². The second kappa shape index (κ2) is 10.1. The van der Waals surface area contributed by atoms with Crippen LogP contribution in [0.2, 0.25) is 0 Å². The van der Waals surface area contributed by atoms with Crippen molar-refractivity contribution in [1.82, 2.24) is 4.98 Å². The van der Waals surface area contributed by atoms with E-state index < -0.39 is 0 Å². The van der Waals surface area contributed by atoms with Crippen molar-refractivity contribution >= 4 is 11.8 Å². The van der Waals surface area contributed by atoms with Gasteiger partial charge in [-0.05, 0) is 48.9 Å². The van der Waals surface area contributed by atoms with Crippen LogP contribution in [0.1, 0.15) is 68.2 Å². The predicted octanol–water partition coefficient (Wildman–Crippen LogP) is 5.12. The number of benzene rings is 1. The lowest BCUT2D eigenvalue weighted by Crippen LogP contribution is -2.17. The van der Waals surface area contributed by atoms with Gasteiger partial charge in [-0.2, -0.15) is 0 Å². The summed E-state index contributed by atoms with van der Waals surface area (Å²) in [6.45, 7) is 2.27. The minimum absolute atomic E-state index is 0.0580. The fourth-order valence-corrected chi connectivity index (χ4v) is 4.91. The van der Waals surface area contributed by atoms with E-state index in [1.165, 1.54) is 36.1 Å². The Morgan fingerprint density at radius 1 is 1.15 bits per heavy atom. The van der Waals surface area contributed by atoms with E-state index in [1.54, 1.807) is 11.8 Å². The van der Waals surface area contributed by atoms with Crippen LogP contribution < -0.4 is 5.56 Å². The van der Waals surface area contributed by atoms with Crippen molar-refractivity contribution in [2.75, 3.05) is 12.4 Å². The van der Waals surface area contributed by atoms with Crippen LogP contribution in [0, 0.1) is 5.92 Å². The molecule has 1 saturated carbocycles. The quantitative estimate of drug-likeness (QED) is 0.465. The molecule has 0 saturated heterocycles. The molecule has 1 aromatic heterocycles. The standard InChI is InChI=1S/C23H31NO2S/c1-2-18-10-13-22(24-23(18)26)21(16-17-6-3-4-7-17)19-8-11-20(12-9-19)27-15-5-14-25/h8-13,17,21,25H,2-7,14-16H2,1H3,(H,24,26). The summed E-state index contributed by atoms with van der Waals surface area (Å²) in [7, 11) is 0. The number of hydrogen-bond donors (Lipinski definition) is 2. The zero-order valence-corrected chi connectivity index (χ0v) is 17.1. The highest BCUT2D eigenvalue weighted by atomic mass is 32.2. The first-order valence-electron chi connectivity index (χ1n) is 10.3. The van der Waals surface area contributed by atoms with Crippen LogP contribution in [0.3, 0.4) is 0 Å². The third-order valence-electron chi connectivity index (χ3n) is 5.67. The van der Waals surface area contributed by atoms with Crippen molar-refractivity contribution < 1.29 is 5.11 Å². The largest absolute Gasteiger partial charge is 0.396 e. The smallest absolute Gasteiger partial charge is 0.251 e. The minimum Gasteiger partial charge on any atom is -0.396 e. The maximum Gasteiger partial charge on any atom is 0.251 e. The average molecular weight is 386 g/mol. The molecule has 1 fully saturated rings. The molecule has 1 unspecified atom stereocenters. The van der Waals surface area contributed by atoms with Gasteiger partial charge in [-0.25, -0.2) is 0 Å². The first-order valence-corrected chi connectivity index (χ1v) is 11.3. The molecule has 1 aromatic carbocycles. The zero-order valence-electron chi connectivity index (χ0n) is 16.2. The summed E-state index contributed by atoms with van der Waals surface area (Å²) < 4.78 is 0. The highest BCUT2D eigenvalue weighted by molar-refractivity contribution is 7.99. The van der Waals surface area contributed by atoms with E-state index in [9.17, 15) is 4.79 Å². The molecule has 3 rings (SSSR count). The molecule has 146 valence electrons. The number of aryl methyl sites for hydroxylation is 1. The second-order valence-corrected chi connectivity index (χ2v) is 8.72. The summed E-state index contributed by atoms with van der Waals surface area (Å²) in [5.74, 6) is 1.94. The van der Waals surface area contributed by atoms with Crippen LogP contribution in [-0.2, 0) is 6.42 Å². The first kappa shape index (κ1) is 20.2. The Bertz CT molecular complexity index is 763. The number of pyridine rings is 1. The summed E-state index contributed by atoms with van der Waals surface area (Å²) in [5, 5.41) is 8.94. The van der Waals surface area contributed by atoms with Crippen molar-refractivity contribution in [3.63, 3.8) is 0 Å². The zero-order chi connectivity index (χ0) is 19.1. The fourth-order valence-electron chi connectivity index (χ4n) is 4.07. The Kier molecular flexibility index (Phi) is 7.59. The summed E-state index contributed by atoms with van der Waals surface area (Å²) in [6, 6.07) is 12.9. The number of rotatable bonds is 9. The number of nitrogens with one attached hydrogen (secondary N) is 1. The molecule has 4 heteroatoms. The number of aromatic nitrogens is 1. The fraction of sp³-hybridized carbons (Fsp3) is 0.522. The molecular weight excluding hydrogens is 354 g/mol. The molecular formula is C23H31NO2S. The van der Waals surface area contributed by atoms with E-state index in [4.69, 9.17) is 5.11 Å². The van der Waals surface area contributed by atoms with Crippen LogP contribution in [0.25, 0.3) is 0 Å². The van der Waals surface area contributed by atoms with Crippen molar-refractivity contribution in [2.45, 2.75) is 62.7 Å². The van der Waals surface area contributed by atoms with Gasteiger partial charge in [-0.3, -0.25) is 4.79 Å². The van der Waals surface area contributed by atoms with Crippen molar-refractivity contribution in [2.24, 2.45) is 5.92 Å². The van der Waals surface area contributed by atoms with Gasteiger partial charge in [-0.15, -0.1) is 11.8 Å². The molecule has 1 atom stereocenters. The van der Waals surface area contributed by atoms with Gasteiger partial charge in [0.15, 0.2) is 0 Å². The van der Waals surface area contributed by atoms with Crippen LogP contribution in [0.15, 0.2) is 46.1 Å². The van der Waals surface area contributed by atoms with Gasteiger partial charge in [0.05, 0.1) is 0 Å². The third-order valence-corrected chi connectivity index (χ3v) is 6.77. The van der Waals surface area contributed by atoms with E-state index >= 15 is 0 Å². The topological polar surface area (TPSA) is 53.1 Å². The molecule has 0 aliphatic heterocycles. The summed E-state index contributed by atoms with van der Waals surface area (Å²) in [5.41, 5.74) is 3.25. The summed E-state index contributed by atoms with van der Waals surface area (Å²) in [6.07, 6.45) is 7.99. The van der Waals surface area contributed by atoms with E-state index in [1.807, 2.05) is 13.0 Å². The van der Waals surface area contributed by atoms with Gasteiger partial charge in [0.25, 0.3) is 5.56 Å². The monoisotopic (exact) mass is 385 g/mol. The third kappa shape index (κ3) is 5.49. The Labute approximate surface area is 166 Å². The maximum atomic E-state index is 12.4. The lowest BCUT2D eigenvalue weighted by atomic mass is 9.85. The molecule has 0 spiro atoms. The van der Waals surface area contributed by atoms with E-state index in [0.29, 0.717) is 0 Å². The van der Waals surface area contributed by atoms with E-state index in [2.05, 4.69) is 35.3 Å². The summed E-state index contributed by atoms with van der Waals surface area (Å²) >= 11 is 1.78. The van der Waals surface area contributed by atoms with Crippen molar-refractivity contribution in [1.29, 1.82) is 0 Å². The Hall–Kier alpha value is -1.52. The maximum absolute atomic E-state index is 12.4. The normalized spacial score (nSPS) is 15.9. The Morgan fingerprint density at radius 3 is 2.52 bits per heavy atom. The number of aromatic amines is 1. The van der Waals surface area contributed by atoms with Gasteiger partial charge in [0, 0.05) is 34.4 Å². The van der Waals surface area contributed by atoms with Crippen molar-refractivity contribution in [3.05, 3.63) is 63.6 Å². The number of aliphatic hydroxyl groups is 1. The SMILES string of the molecule is CCc1ccc(C(CC2CCCC2)c2ccc(SCCCO)cc2)[nH]c1=O. The van der Waals surface area contributed by atoms with Gasteiger partial charge < -0.3 is 10.1 Å². The molecule has 2 aromatic rings. The predicted molar refractivity (Wildman–Crippen MR) is 114 cm³/mol. The molecule has 27 heavy (non-hydrogen) atoms. The number of H-pyrrole nitrogens is 1. The van der Waals surface area contributed by atoms with Gasteiger partial charge in [-0.1, -0.05) is 50.8 Å². The first-order chi connectivity index (χ1) is 13.2. The van der Waals surface area contributed by atoms with Crippen LogP contribution in [0.5, 0.6) is 0 Å². The molecule has 0 radical (unpaired) electrons. The van der Waals surface area contributed by atoms with Crippen LogP contribution >= 0.6 is 11.8 Å². The van der Waals surface area contributed by atoms with Crippen LogP contribution in [-0.4, -0.2) is 22.5 Å². The lowest BCUT2D eigenvalue weighted by Gasteiger charge is -2.22. The highest BCUT2D eigenvalue weighted by Gasteiger charge is 2.23. The molecule has 2 N–H and O–H groups in total. The van der Waals surface area contributed by atoms with E-state index in [0.717, 1.165) is 42.2 Å². The molecule has 1 heterocycles. The average Bonchev–Trinajstić information content (AvgIpc) is 3.20. The lowest BCUT2D eigenvalue weighted by molar-refractivity contribution is 0.296. The molecule has 1 aliphatic rings. The molecule has 0 bridgehead atoms. The van der Waals surface area contributed by atoms with Gasteiger partial charge in [0.1, 0.15) is 0 Å². The number of thioether (sulfide) groups is 1.